The number of nitrogens with one attached hydrogen (secondary N) is 1. The topological polar surface area (TPSA) is 64.6 Å². The average Bonchev–Trinajstić information content (AvgIpc) is 2.08. The fraction of sp³-hybridized carbons (Fsp3) is 0.750. The predicted molar refractivity (Wildman–Crippen MR) is 46.3 cm³/mol. The van der Waals surface area contributed by atoms with Crippen molar-refractivity contribution in [1.29, 1.82) is 0 Å². The van der Waals surface area contributed by atoms with E-state index in [0.29, 0.717) is 6.54 Å². The Kier molecular flexibility index (Phi) is 6.68. The van der Waals surface area contributed by atoms with Crippen LogP contribution in [0.3, 0.4) is 0 Å². The molecule has 0 atom stereocenters. The Balaban J connectivity index is 3.22. The summed E-state index contributed by atoms with van der Waals surface area (Å²) in [7, 11) is 0. The van der Waals surface area contributed by atoms with Crippen molar-refractivity contribution in [3.63, 3.8) is 0 Å². The smallest absolute Gasteiger partial charge is 0.407 e. The summed E-state index contributed by atoms with van der Waals surface area (Å²) < 4.78 is 9.22. The molecule has 0 aliphatic carbocycles. The molecule has 5 nitrogen and oxygen atoms in total. The molecule has 76 valence electrons. The fourth-order valence-corrected chi connectivity index (χ4v) is 0.598. The van der Waals surface area contributed by atoms with E-state index in [-0.39, 0.29) is 19.2 Å². The molecule has 0 bridgehead atoms. The number of alkyl carbamates (subject to hydrolysis) is 1. The molecule has 0 rings (SSSR count). The van der Waals surface area contributed by atoms with Crippen LogP contribution in [0, 0.1) is 0 Å². The Bertz CT molecular complexity index is 170. The van der Waals surface area contributed by atoms with Gasteiger partial charge in [0.25, 0.3) is 0 Å². The van der Waals surface area contributed by atoms with E-state index < -0.39 is 6.09 Å². The van der Waals surface area contributed by atoms with Gasteiger partial charge in [0.2, 0.25) is 0 Å². The van der Waals surface area contributed by atoms with Crippen molar-refractivity contribution >= 4 is 12.1 Å². The molecule has 0 heterocycles. The van der Waals surface area contributed by atoms with Gasteiger partial charge in [-0.3, -0.25) is 4.79 Å². The monoisotopic (exact) mass is 189 g/mol. The minimum Gasteiger partial charge on any atom is -0.462 e. The number of rotatable bonds is 5. The first kappa shape index (κ1) is 11.7. The van der Waals surface area contributed by atoms with Gasteiger partial charge >= 0.3 is 12.1 Å². The van der Waals surface area contributed by atoms with E-state index in [1.165, 1.54) is 6.92 Å². The van der Waals surface area contributed by atoms with Crippen molar-refractivity contribution < 1.29 is 19.1 Å². The number of ether oxygens (including phenoxy) is 2. The highest BCUT2D eigenvalue weighted by molar-refractivity contribution is 5.67. The van der Waals surface area contributed by atoms with Crippen molar-refractivity contribution in [1.82, 2.24) is 5.32 Å². The normalized spacial score (nSPS) is 9.08. The average molecular weight is 189 g/mol. The molecule has 13 heavy (non-hydrogen) atoms. The Morgan fingerprint density at radius 3 is 2.38 bits per heavy atom. The zero-order chi connectivity index (χ0) is 10.1. The summed E-state index contributed by atoms with van der Waals surface area (Å²) in [6, 6.07) is 0. The minimum atomic E-state index is -0.478. The molecule has 0 radical (unpaired) electrons. The van der Waals surface area contributed by atoms with Crippen molar-refractivity contribution in [2.24, 2.45) is 0 Å². The van der Waals surface area contributed by atoms with Crippen LogP contribution in [0.15, 0.2) is 0 Å². The lowest BCUT2D eigenvalue weighted by atomic mass is 10.5. The second-order valence-corrected chi connectivity index (χ2v) is 2.40. The molecular formula is C8H15NO4. The maximum Gasteiger partial charge on any atom is 0.407 e. The van der Waals surface area contributed by atoms with Gasteiger partial charge in [-0.05, 0) is 6.42 Å². The summed E-state index contributed by atoms with van der Waals surface area (Å²) in [6.45, 7) is 4.03. The second-order valence-electron chi connectivity index (χ2n) is 2.40. The van der Waals surface area contributed by atoms with Crippen LogP contribution in [0.5, 0.6) is 0 Å². The van der Waals surface area contributed by atoms with Gasteiger partial charge in [0.15, 0.2) is 0 Å². The maximum absolute atomic E-state index is 10.8. The van der Waals surface area contributed by atoms with E-state index in [4.69, 9.17) is 0 Å². The van der Waals surface area contributed by atoms with Crippen LogP contribution >= 0.6 is 0 Å². The molecule has 0 saturated carbocycles. The first-order chi connectivity index (χ1) is 6.16. The first-order valence-corrected chi connectivity index (χ1v) is 4.20. The first-order valence-electron chi connectivity index (χ1n) is 4.20. The Hall–Kier alpha value is -1.26. The maximum atomic E-state index is 10.8. The molecule has 0 spiro atoms. The highest BCUT2D eigenvalue weighted by Gasteiger charge is 1.99. The lowest BCUT2D eigenvalue weighted by Crippen LogP contribution is -2.26. The summed E-state index contributed by atoms with van der Waals surface area (Å²) in [5.74, 6) is -0.377. The van der Waals surface area contributed by atoms with Crippen molar-refractivity contribution in [2.75, 3.05) is 19.8 Å². The van der Waals surface area contributed by atoms with Crippen LogP contribution in [0.2, 0.25) is 0 Å². The molecule has 5 heteroatoms. The predicted octanol–water partition coefficient (Wildman–Crippen LogP) is 0.686. The largest absolute Gasteiger partial charge is 0.462 e. The molecule has 0 aliphatic heterocycles. The quantitative estimate of drug-likeness (QED) is 0.510. The number of esters is 1. The zero-order valence-corrected chi connectivity index (χ0v) is 7.96. The van der Waals surface area contributed by atoms with Crippen molar-refractivity contribution in [3.8, 4) is 0 Å². The van der Waals surface area contributed by atoms with Crippen LogP contribution < -0.4 is 5.32 Å². The zero-order valence-electron chi connectivity index (χ0n) is 7.96. The van der Waals surface area contributed by atoms with Crippen LogP contribution in [-0.2, 0) is 14.3 Å². The molecule has 0 aliphatic rings. The van der Waals surface area contributed by atoms with Gasteiger partial charge in [-0.25, -0.2) is 4.79 Å². The molecule has 0 unspecified atom stereocenters. The van der Waals surface area contributed by atoms with Crippen LogP contribution in [0.4, 0.5) is 4.79 Å². The standard InChI is InChI=1S/C8H15NO4/c1-3-4-9-8(11)13-6-5-12-7(2)10/h3-6H2,1-2H3,(H,9,11). The van der Waals surface area contributed by atoms with Gasteiger partial charge in [0, 0.05) is 13.5 Å². The minimum absolute atomic E-state index is 0.0924. The second kappa shape index (κ2) is 7.39. The van der Waals surface area contributed by atoms with Crippen LogP contribution in [0.1, 0.15) is 20.3 Å². The summed E-state index contributed by atoms with van der Waals surface area (Å²) in [5, 5.41) is 2.52. The van der Waals surface area contributed by atoms with Gasteiger partial charge in [0.1, 0.15) is 13.2 Å². The van der Waals surface area contributed by atoms with Gasteiger partial charge in [-0.15, -0.1) is 0 Å². The third-order valence-corrected chi connectivity index (χ3v) is 1.14. The van der Waals surface area contributed by atoms with E-state index in [0.717, 1.165) is 6.42 Å². The van der Waals surface area contributed by atoms with Gasteiger partial charge < -0.3 is 14.8 Å². The van der Waals surface area contributed by atoms with Crippen molar-refractivity contribution in [3.05, 3.63) is 0 Å². The lowest BCUT2D eigenvalue weighted by Gasteiger charge is -2.05. The molecule has 0 saturated heterocycles. The van der Waals surface area contributed by atoms with E-state index >= 15 is 0 Å². The summed E-state index contributed by atoms with van der Waals surface area (Å²) in [4.78, 5) is 21.1. The van der Waals surface area contributed by atoms with Gasteiger partial charge in [-0.2, -0.15) is 0 Å². The van der Waals surface area contributed by atoms with Gasteiger partial charge in [0.05, 0.1) is 0 Å². The molecule has 0 aromatic rings. The number of carbonyl (C=O) groups is 2. The van der Waals surface area contributed by atoms with E-state index in [1.807, 2.05) is 6.92 Å². The number of amides is 1. The molecule has 1 amide bonds. The number of carbonyl (C=O) groups excluding carboxylic acids is 2. The van der Waals surface area contributed by atoms with E-state index in [2.05, 4.69) is 14.8 Å². The SMILES string of the molecule is CCCNC(=O)OCCOC(C)=O. The molecule has 0 fully saturated rings. The Morgan fingerprint density at radius 2 is 1.85 bits per heavy atom. The third-order valence-electron chi connectivity index (χ3n) is 1.14. The fourth-order valence-electron chi connectivity index (χ4n) is 0.598. The summed E-state index contributed by atoms with van der Waals surface area (Å²) in [5.41, 5.74) is 0. The van der Waals surface area contributed by atoms with E-state index in [9.17, 15) is 9.59 Å². The Labute approximate surface area is 77.4 Å². The lowest BCUT2D eigenvalue weighted by molar-refractivity contribution is -0.141. The van der Waals surface area contributed by atoms with Gasteiger partial charge in [-0.1, -0.05) is 6.92 Å². The molecule has 1 N–H and O–H groups in total. The molecule has 0 aromatic carbocycles. The molecular weight excluding hydrogens is 174 g/mol. The molecule has 0 aromatic heterocycles. The van der Waals surface area contributed by atoms with Crippen molar-refractivity contribution in [2.45, 2.75) is 20.3 Å². The number of hydrogen-bond donors (Lipinski definition) is 1. The van der Waals surface area contributed by atoms with Crippen LogP contribution in [0.25, 0.3) is 0 Å². The van der Waals surface area contributed by atoms with Crippen LogP contribution in [-0.4, -0.2) is 31.8 Å². The third kappa shape index (κ3) is 8.65. The summed E-state index contributed by atoms with van der Waals surface area (Å²) in [6.07, 6.45) is 0.382. The number of hydrogen-bond acceptors (Lipinski definition) is 4. The highest BCUT2D eigenvalue weighted by atomic mass is 16.6. The summed E-state index contributed by atoms with van der Waals surface area (Å²) >= 11 is 0. The highest BCUT2D eigenvalue weighted by Crippen LogP contribution is 1.81. The van der Waals surface area contributed by atoms with E-state index in [1.54, 1.807) is 0 Å². The Morgan fingerprint density at radius 1 is 1.23 bits per heavy atom.